The van der Waals surface area contributed by atoms with E-state index in [9.17, 15) is 0 Å². The van der Waals surface area contributed by atoms with Crippen LogP contribution in [0.3, 0.4) is 0 Å². The van der Waals surface area contributed by atoms with E-state index in [1.165, 1.54) is 0 Å². The zero-order valence-corrected chi connectivity index (χ0v) is 18.2. The standard InChI is InChI=1S/C21H30N2O5/c1-20(2,3)27-18-14(12-22-19(23-18)28-21(4,5)6)13-10-15(24-7)17(26-9)16(11-13)25-8/h10-12H,1-9H3. The molecule has 0 fully saturated rings. The van der Waals surface area contributed by atoms with Crippen LogP contribution in [-0.4, -0.2) is 42.5 Å². The lowest BCUT2D eigenvalue weighted by Crippen LogP contribution is -2.26. The molecule has 0 saturated carbocycles. The Hall–Kier alpha value is -2.70. The maximum Gasteiger partial charge on any atom is 0.320 e. The zero-order chi connectivity index (χ0) is 21.1. The number of hydrogen-bond acceptors (Lipinski definition) is 7. The predicted octanol–water partition coefficient (Wildman–Crippen LogP) is 4.52. The number of benzene rings is 1. The summed E-state index contributed by atoms with van der Waals surface area (Å²) in [5.41, 5.74) is 0.585. The topological polar surface area (TPSA) is 71.9 Å². The average Bonchev–Trinajstić information content (AvgIpc) is 2.57. The SMILES string of the molecule is COc1cc(-c2cnc(OC(C)(C)C)nc2OC(C)(C)C)cc(OC)c1OC. The summed E-state index contributed by atoms with van der Waals surface area (Å²) in [4.78, 5) is 8.86. The second-order valence-corrected chi connectivity index (χ2v) is 8.21. The van der Waals surface area contributed by atoms with E-state index in [1.807, 2.05) is 53.7 Å². The monoisotopic (exact) mass is 390 g/mol. The second-order valence-electron chi connectivity index (χ2n) is 8.21. The van der Waals surface area contributed by atoms with Gasteiger partial charge in [0.1, 0.15) is 11.2 Å². The van der Waals surface area contributed by atoms with Crippen molar-refractivity contribution in [1.29, 1.82) is 0 Å². The molecule has 0 bridgehead atoms. The van der Waals surface area contributed by atoms with E-state index >= 15 is 0 Å². The van der Waals surface area contributed by atoms with Gasteiger partial charge in [0, 0.05) is 6.20 Å². The van der Waals surface area contributed by atoms with E-state index in [1.54, 1.807) is 27.5 Å². The molecule has 0 N–H and O–H groups in total. The summed E-state index contributed by atoms with van der Waals surface area (Å²) >= 11 is 0. The molecule has 0 aliphatic carbocycles. The van der Waals surface area contributed by atoms with Crippen LogP contribution in [0.2, 0.25) is 0 Å². The summed E-state index contributed by atoms with van der Waals surface area (Å²) in [5.74, 6) is 2.00. The van der Waals surface area contributed by atoms with Crippen molar-refractivity contribution < 1.29 is 23.7 Å². The van der Waals surface area contributed by atoms with Gasteiger partial charge in [0.05, 0.1) is 26.9 Å². The first kappa shape index (κ1) is 21.6. The number of aromatic nitrogens is 2. The van der Waals surface area contributed by atoms with Crippen molar-refractivity contribution in [2.24, 2.45) is 0 Å². The quantitative estimate of drug-likeness (QED) is 0.718. The van der Waals surface area contributed by atoms with Crippen molar-refractivity contribution in [2.75, 3.05) is 21.3 Å². The molecule has 0 radical (unpaired) electrons. The molecule has 0 atom stereocenters. The summed E-state index contributed by atoms with van der Waals surface area (Å²) in [5, 5.41) is 0. The number of rotatable bonds is 6. The van der Waals surface area contributed by atoms with Crippen molar-refractivity contribution in [1.82, 2.24) is 9.97 Å². The van der Waals surface area contributed by atoms with E-state index in [0.29, 0.717) is 28.7 Å². The maximum atomic E-state index is 6.10. The van der Waals surface area contributed by atoms with Gasteiger partial charge in [-0.1, -0.05) is 0 Å². The number of hydrogen-bond donors (Lipinski definition) is 0. The summed E-state index contributed by atoms with van der Waals surface area (Å²) < 4.78 is 28.2. The first-order valence-electron chi connectivity index (χ1n) is 9.03. The number of methoxy groups -OCH3 is 3. The molecule has 1 aromatic heterocycles. The first-order valence-corrected chi connectivity index (χ1v) is 9.03. The summed E-state index contributed by atoms with van der Waals surface area (Å²) in [7, 11) is 4.71. The second kappa shape index (κ2) is 8.12. The predicted molar refractivity (Wildman–Crippen MR) is 108 cm³/mol. The fraction of sp³-hybridized carbons (Fsp3) is 0.524. The molecule has 0 unspecified atom stereocenters. The van der Waals surface area contributed by atoms with Crippen LogP contribution in [0.25, 0.3) is 11.1 Å². The third-order valence-electron chi connectivity index (χ3n) is 3.51. The molecule has 1 aromatic carbocycles. The lowest BCUT2D eigenvalue weighted by atomic mass is 10.1. The number of nitrogens with zero attached hydrogens (tertiary/aromatic N) is 2. The summed E-state index contributed by atoms with van der Waals surface area (Å²) in [6.45, 7) is 11.7. The highest BCUT2D eigenvalue weighted by atomic mass is 16.5. The van der Waals surface area contributed by atoms with Crippen molar-refractivity contribution >= 4 is 0 Å². The van der Waals surface area contributed by atoms with Gasteiger partial charge in [-0.15, -0.1) is 0 Å². The highest BCUT2D eigenvalue weighted by molar-refractivity contribution is 5.74. The normalized spacial score (nSPS) is 11.8. The molecule has 0 spiro atoms. The molecule has 1 heterocycles. The molecule has 7 nitrogen and oxygen atoms in total. The highest BCUT2D eigenvalue weighted by Gasteiger charge is 2.23. The Morgan fingerprint density at radius 2 is 1.29 bits per heavy atom. The van der Waals surface area contributed by atoms with Gasteiger partial charge in [0.2, 0.25) is 11.6 Å². The number of ether oxygens (including phenoxy) is 5. The van der Waals surface area contributed by atoms with Gasteiger partial charge in [0.25, 0.3) is 0 Å². The van der Waals surface area contributed by atoms with E-state index in [0.717, 1.165) is 5.56 Å². The molecule has 0 saturated heterocycles. The highest BCUT2D eigenvalue weighted by Crippen LogP contribution is 2.43. The molecule has 2 rings (SSSR count). The lowest BCUT2D eigenvalue weighted by Gasteiger charge is -2.24. The Bertz CT molecular complexity index is 798. The van der Waals surface area contributed by atoms with E-state index in [4.69, 9.17) is 23.7 Å². The zero-order valence-electron chi connectivity index (χ0n) is 18.2. The van der Waals surface area contributed by atoms with Crippen LogP contribution in [0.5, 0.6) is 29.1 Å². The molecule has 154 valence electrons. The van der Waals surface area contributed by atoms with Gasteiger partial charge in [-0.3, -0.25) is 0 Å². The minimum atomic E-state index is -0.456. The minimum absolute atomic E-state index is 0.253. The van der Waals surface area contributed by atoms with Crippen molar-refractivity contribution in [3.8, 4) is 40.3 Å². The molecule has 0 aliphatic rings. The fourth-order valence-electron chi connectivity index (χ4n) is 2.48. The van der Waals surface area contributed by atoms with Crippen LogP contribution >= 0.6 is 0 Å². The van der Waals surface area contributed by atoms with Gasteiger partial charge in [0.15, 0.2) is 11.5 Å². The van der Waals surface area contributed by atoms with E-state index in [-0.39, 0.29) is 6.01 Å². The van der Waals surface area contributed by atoms with Crippen LogP contribution < -0.4 is 23.7 Å². The third-order valence-corrected chi connectivity index (χ3v) is 3.51. The molecule has 0 amide bonds. The molecule has 2 aromatic rings. The van der Waals surface area contributed by atoms with Crippen LogP contribution in [0, 0.1) is 0 Å². The molecule has 7 heteroatoms. The minimum Gasteiger partial charge on any atom is -0.493 e. The Balaban J connectivity index is 2.63. The van der Waals surface area contributed by atoms with Gasteiger partial charge in [-0.2, -0.15) is 4.98 Å². The Kier molecular flexibility index (Phi) is 6.27. The summed E-state index contributed by atoms with van der Waals surface area (Å²) in [6, 6.07) is 3.92. The van der Waals surface area contributed by atoms with Crippen LogP contribution in [-0.2, 0) is 0 Å². The largest absolute Gasteiger partial charge is 0.493 e. The van der Waals surface area contributed by atoms with Gasteiger partial charge in [-0.05, 0) is 59.2 Å². The smallest absolute Gasteiger partial charge is 0.320 e. The fourth-order valence-corrected chi connectivity index (χ4v) is 2.48. The van der Waals surface area contributed by atoms with Gasteiger partial charge in [-0.25, -0.2) is 4.98 Å². The van der Waals surface area contributed by atoms with Crippen molar-refractivity contribution in [3.63, 3.8) is 0 Å². The Morgan fingerprint density at radius 1 is 0.750 bits per heavy atom. The Labute approximate surface area is 167 Å². The molecular weight excluding hydrogens is 360 g/mol. The van der Waals surface area contributed by atoms with E-state index in [2.05, 4.69) is 9.97 Å². The first-order chi connectivity index (χ1) is 13.0. The van der Waals surface area contributed by atoms with Crippen molar-refractivity contribution in [3.05, 3.63) is 18.3 Å². The van der Waals surface area contributed by atoms with Crippen LogP contribution in [0.1, 0.15) is 41.5 Å². The van der Waals surface area contributed by atoms with Crippen LogP contribution in [0.15, 0.2) is 18.3 Å². The van der Waals surface area contributed by atoms with Gasteiger partial charge < -0.3 is 23.7 Å². The summed E-state index contributed by atoms with van der Waals surface area (Å²) in [6.07, 6.45) is 1.68. The van der Waals surface area contributed by atoms with Gasteiger partial charge >= 0.3 is 6.01 Å². The van der Waals surface area contributed by atoms with E-state index < -0.39 is 11.2 Å². The van der Waals surface area contributed by atoms with Crippen molar-refractivity contribution in [2.45, 2.75) is 52.7 Å². The third kappa shape index (κ3) is 5.41. The molecule has 28 heavy (non-hydrogen) atoms. The molecule has 0 aliphatic heterocycles. The van der Waals surface area contributed by atoms with Crippen LogP contribution in [0.4, 0.5) is 0 Å². The Morgan fingerprint density at radius 3 is 1.71 bits per heavy atom. The lowest BCUT2D eigenvalue weighted by molar-refractivity contribution is 0.103. The average molecular weight is 390 g/mol. The molecular formula is C21H30N2O5. The maximum absolute atomic E-state index is 6.10.